The molecule has 0 radical (unpaired) electrons. The maximum Gasteiger partial charge on any atom is 0.133 e. The van der Waals surface area contributed by atoms with E-state index in [1.165, 1.54) is 0 Å². The summed E-state index contributed by atoms with van der Waals surface area (Å²) in [6, 6.07) is 0. The van der Waals surface area contributed by atoms with Crippen molar-refractivity contribution in [1.82, 2.24) is 15.0 Å². The quantitative estimate of drug-likeness (QED) is 0.346. The van der Waals surface area contributed by atoms with E-state index in [9.17, 15) is 0 Å². The Hall–Kier alpha value is 1.89. The summed E-state index contributed by atoms with van der Waals surface area (Å²) in [5, 5.41) is 2.61. The fourth-order valence-electron chi connectivity index (χ4n) is 1.55. The van der Waals surface area contributed by atoms with Gasteiger partial charge < -0.3 is 0 Å². The second kappa shape index (κ2) is 11.4. The average molecular weight is 681 g/mol. The second-order valence-corrected chi connectivity index (χ2v) is 10.3. The van der Waals surface area contributed by atoms with Crippen molar-refractivity contribution in [3.63, 3.8) is 0 Å². The van der Waals surface area contributed by atoms with E-state index in [4.69, 9.17) is 0 Å². The van der Waals surface area contributed by atoms with Gasteiger partial charge in [-0.05, 0) is 0 Å². The highest BCUT2D eigenvalue weighted by Crippen LogP contribution is 2.15. The lowest BCUT2D eigenvalue weighted by atomic mass is 10.2. The van der Waals surface area contributed by atoms with E-state index in [1.807, 2.05) is 0 Å². The average Bonchev–Trinajstić information content (AvgIpc) is 2.46. The van der Waals surface area contributed by atoms with E-state index in [0.29, 0.717) is 14.5 Å². The summed E-state index contributed by atoms with van der Waals surface area (Å²) in [6.07, 6.45) is 2.36. The summed E-state index contributed by atoms with van der Waals surface area (Å²) in [4.78, 5) is 14.8. The first-order chi connectivity index (χ1) is 9.98. The van der Waals surface area contributed by atoms with Crippen molar-refractivity contribution in [2.24, 2.45) is 0 Å². The smallest absolute Gasteiger partial charge is 0.133 e. The number of alkyl halides is 6. The third kappa shape index (κ3) is 8.52. The first-order valence-corrected chi connectivity index (χ1v) is 12.4. The summed E-state index contributed by atoms with van der Waals surface area (Å²) in [6.45, 7) is 0. The fraction of sp³-hybridized carbons (Fsp3) is 0.750. The molecule has 1 heterocycles. The van der Waals surface area contributed by atoms with Crippen molar-refractivity contribution in [3.05, 3.63) is 17.5 Å². The van der Waals surface area contributed by atoms with Gasteiger partial charge in [-0.1, -0.05) is 95.6 Å². The molecule has 1 rings (SSSR count). The molecule has 1 aromatic heterocycles. The summed E-state index contributed by atoms with van der Waals surface area (Å²) >= 11 is 21.2. The minimum atomic E-state index is 0.326. The number of halogens is 6. The normalized spacial score (nSPS) is 15.7. The predicted octanol–water partition coefficient (Wildman–Crippen LogP) is 4.97. The molecule has 0 aromatic carbocycles. The summed E-state index contributed by atoms with van der Waals surface area (Å²) < 4.78 is 0. The Balaban J connectivity index is 2.95. The number of hydrogen-bond donors (Lipinski definition) is 0. The van der Waals surface area contributed by atoms with Crippen LogP contribution in [0.1, 0.15) is 17.5 Å². The van der Waals surface area contributed by atoms with Crippen LogP contribution in [0.25, 0.3) is 0 Å². The molecular formula is C12H15Br6N3. The molecule has 3 atom stereocenters. The molecule has 3 nitrogen and oxygen atoms in total. The van der Waals surface area contributed by atoms with Crippen LogP contribution in [0.15, 0.2) is 0 Å². The van der Waals surface area contributed by atoms with E-state index in [2.05, 4.69) is 111 Å². The molecule has 0 bridgehead atoms. The Morgan fingerprint density at radius 2 is 0.810 bits per heavy atom. The van der Waals surface area contributed by atoms with Crippen molar-refractivity contribution >= 4 is 95.6 Å². The third-order valence-corrected chi connectivity index (χ3v) is 9.38. The number of hydrogen-bond acceptors (Lipinski definition) is 3. The minimum absolute atomic E-state index is 0.326. The zero-order valence-electron chi connectivity index (χ0n) is 11.1. The molecule has 0 aliphatic heterocycles. The largest absolute Gasteiger partial charge is 0.218 e. The first kappa shape index (κ1) is 20.9. The lowest BCUT2D eigenvalue weighted by Gasteiger charge is -2.12. The lowest BCUT2D eigenvalue weighted by Crippen LogP contribution is -2.17. The fourth-order valence-corrected chi connectivity index (χ4v) is 3.11. The molecule has 0 aliphatic rings. The summed E-state index contributed by atoms with van der Waals surface area (Å²) in [5.74, 6) is 2.54. The maximum absolute atomic E-state index is 4.59. The van der Waals surface area contributed by atoms with Gasteiger partial charge in [0.2, 0.25) is 0 Å². The molecular weight excluding hydrogens is 666 g/mol. The van der Waals surface area contributed by atoms with Crippen molar-refractivity contribution in [1.29, 1.82) is 0 Å². The van der Waals surface area contributed by atoms with Crippen molar-refractivity contribution in [2.75, 3.05) is 16.0 Å². The van der Waals surface area contributed by atoms with Crippen molar-refractivity contribution in [3.8, 4) is 0 Å². The van der Waals surface area contributed by atoms with E-state index >= 15 is 0 Å². The van der Waals surface area contributed by atoms with Crippen LogP contribution in [-0.2, 0) is 19.3 Å². The van der Waals surface area contributed by atoms with Gasteiger partial charge in [0.1, 0.15) is 17.5 Å². The van der Waals surface area contributed by atoms with Crippen LogP contribution in [-0.4, -0.2) is 45.4 Å². The molecule has 21 heavy (non-hydrogen) atoms. The molecule has 0 saturated heterocycles. The van der Waals surface area contributed by atoms with Gasteiger partial charge in [0.25, 0.3) is 0 Å². The highest BCUT2D eigenvalue weighted by atomic mass is 79.9. The lowest BCUT2D eigenvalue weighted by molar-refractivity contribution is 0.728. The topological polar surface area (TPSA) is 38.7 Å². The van der Waals surface area contributed by atoms with Crippen LogP contribution in [0.4, 0.5) is 0 Å². The van der Waals surface area contributed by atoms with E-state index in [0.717, 1.165) is 52.7 Å². The van der Waals surface area contributed by atoms with Gasteiger partial charge >= 0.3 is 0 Å². The van der Waals surface area contributed by atoms with Crippen molar-refractivity contribution in [2.45, 2.75) is 33.7 Å². The Kier molecular flexibility index (Phi) is 11.4. The van der Waals surface area contributed by atoms with Crippen LogP contribution in [0.2, 0.25) is 0 Å². The Labute approximate surface area is 176 Å². The van der Waals surface area contributed by atoms with Crippen molar-refractivity contribution < 1.29 is 0 Å². The van der Waals surface area contributed by atoms with Gasteiger partial charge in [-0.15, -0.1) is 0 Å². The predicted molar refractivity (Wildman–Crippen MR) is 110 cm³/mol. The van der Waals surface area contributed by atoms with Gasteiger partial charge in [-0.3, -0.25) is 0 Å². The second-order valence-electron chi connectivity index (χ2n) is 4.45. The molecule has 1 aromatic rings. The molecule has 0 N–H and O–H groups in total. The Morgan fingerprint density at radius 1 is 0.571 bits per heavy atom. The zero-order chi connectivity index (χ0) is 15.8. The highest BCUT2D eigenvalue weighted by molar-refractivity contribution is 9.12. The minimum Gasteiger partial charge on any atom is -0.218 e. The molecule has 0 spiro atoms. The SMILES string of the molecule is BrCC(Br)Cc1nc(CC(Br)CBr)nc(CC(Br)CBr)n1. The van der Waals surface area contributed by atoms with Gasteiger partial charge in [0, 0.05) is 49.7 Å². The maximum atomic E-state index is 4.59. The van der Waals surface area contributed by atoms with Gasteiger partial charge in [-0.2, -0.15) is 0 Å². The molecule has 0 aliphatic carbocycles. The molecule has 0 amide bonds. The van der Waals surface area contributed by atoms with Gasteiger partial charge in [0.05, 0.1) is 0 Å². The highest BCUT2D eigenvalue weighted by Gasteiger charge is 2.15. The van der Waals surface area contributed by atoms with Gasteiger partial charge in [0.15, 0.2) is 0 Å². The van der Waals surface area contributed by atoms with Crippen LogP contribution >= 0.6 is 95.6 Å². The Morgan fingerprint density at radius 3 is 1.00 bits per heavy atom. The van der Waals surface area contributed by atoms with Gasteiger partial charge in [-0.25, -0.2) is 15.0 Å². The number of rotatable bonds is 9. The molecule has 0 fully saturated rings. The summed E-state index contributed by atoms with van der Waals surface area (Å²) in [5.41, 5.74) is 0. The van der Waals surface area contributed by atoms with E-state index in [1.54, 1.807) is 0 Å². The first-order valence-electron chi connectivity index (χ1n) is 6.31. The van der Waals surface area contributed by atoms with E-state index in [-0.39, 0.29) is 0 Å². The third-order valence-electron chi connectivity index (χ3n) is 2.49. The number of nitrogens with zero attached hydrogens (tertiary/aromatic N) is 3. The van der Waals surface area contributed by atoms with Crippen LogP contribution in [0, 0.1) is 0 Å². The molecule has 120 valence electrons. The Bertz CT molecular complexity index is 359. The standard InChI is InChI=1S/C12H15Br6N3/c13-4-7(16)1-10-19-11(2-8(17)5-14)21-12(20-10)3-9(18)6-15/h7-9H,1-6H2. The monoisotopic (exact) mass is 675 g/mol. The zero-order valence-corrected chi connectivity index (χ0v) is 20.6. The number of aromatic nitrogens is 3. The van der Waals surface area contributed by atoms with E-state index < -0.39 is 0 Å². The molecule has 3 unspecified atom stereocenters. The molecule has 0 saturated carbocycles. The van der Waals surface area contributed by atoms with Crippen LogP contribution in [0.3, 0.4) is 0 Å². The van der Waals surface area contributed by atoms with Crippen LogP contribution in [0.5, 0.6) is 0 Å². The molecule has 9 heteroatoms. The van der Waals surface area contributed by atoms with Crippen LogP contribution < -0.4 is 0 Å². The summed E-state index contributed by atoms with van der Waals surface area (Å²) in [7, 11) is 0.